The predicted octanol–water partition coefficient (Wildman–Crippen LogP) is 2.90. The zero-order chi connectivity index (χ0) is 14.7. The van der Waals surface area contributed by atoms with Crippen LogP contribution in [0.15, 0.2) is 0 Å². The SMILES string of the molecule is CCC1(C)CNC(C(C)C)CN1CCOC(C)(C)C. The predicted molar refractivity (Wildman–Crippen MR) is 82.6 cm³/mol. The number of piperazine rings is 1. The number of hydrogen-bond acceptors (Lipinski definition) is 3. The van der Waals surface area contributed by atoms with Gasteiger partial charge in [0.15, 0.2) is 0 Å². The van der Waals surface area contributed by atoms with Gasteiger partial charge in [0.05, 0.1) is 12.2 Å². The van der Waals surface area contributed by atoms with E-state index in [1.165, 1.54) is 6.42 Å². The standard InChI is InChI=1S/C16H34N2O/c1-8-16(7)12-17-14(13(2)3)11-18(16)9-10-19-15(4,5)6/h13-14,17H,8-12H2,1-7H3. The van der Waals surface area contributed by atoms with Gasteiger partial charge in [-0.2, -0.15) is 0 Å². The third-order valence-corrected chi connectivity index (χ3v) is 4.39. The lowest BCUT2D eigenvalue weighted by atomic mass is 9.89. The molecular formula is C16H34N2O. The average molecular weight is 270 g/mol. The van der Waals surface area contributed by atoms with Crippen LogP contribution in [0.1, 0.15) is 54.9 Å². The summed E-state index contributed by atoms with van der Waals surface area (Å²) in [6.07, 6.45) is 1.18. The summed E-state index contributed by atoms with van der Waals surface area (Å²) < 4.78 is 5.90. The summed E-state index contributed by atoms with van der Waals surface area (Å²) in [5.74, 6) is 0.687. The van der Waals surface area contributed by atoms with E-state index in [-0.39, 0.29) is 11.1 Å². The fraction of sp³-hybridized carbons (Fsp3) is 1.00. The van der Waals surface area contributed by atoms with Gasteiger partial charge in [-0.1, -0.05) is 20.8 Å². The summed E-state index contributed by atoms with van der Waals surface area (Å²) in [6.45, 7) is 19.7. The molecule has 0 aromatic rings. The first-order valence-electron chi connectivity index (χ1n) is 7.80. The molecule has 1 rings (SSSR count). The Hall–Kier alpha value is -0.120. The van der Waals surface area contributed by atoms with Gasteiger partial charge in [0.25, 0.3) is 0 Å². The highest BCUT2D eigenvalue weighted by molar-refractivity contribution is 4.95. The van der Waals surface area contributed by atoms with Crippen molar-refractivity contribution in [2.75, 3.05) is 26.2 Å². The van der Waals surface area contributed by atoms with Crippen LogP contribution in [0.4, 0.5) is 0 Å². The monoisotopic (exact) mass is 270 g/mol. The maximum absolute atomic E-state index is 5.90. The van der Waals surface area contributed by atoms with Crippen molar-refractivity contribution < 1.29 is 4.74 Å². The highest BCUT2D eigenvalue weighted by Crippen LogP contribution is 2.24. The van der Waals surface area contributed by atoms with E-state index >= 15 is 0 Å². The van der Waals surface area contributed by atoms with Crippen LogP contribution < -0.4 is 5.32 Å². The molecule has 19 heavy (non-hydrogen) atoms. The number of nitrogens with zero attached hydrogens (tertiary/aromatic N) is 1. The van der Waals surface area contributed by atoms with Crippen molar-refractivity contribution in [3.05, 3.63) is 0 Å². The molecule has 0 saturated carbocycles. The second kappa shape index (κ2) is 6.55. The first-order chi connectivity index (χ1) is 8.68. The summed E-state index contributed by atoms with van der Waals surface area (Å²) in [6, 6.07) is 0.606. The molecule has 0 aromatic carbocycles. The second-order valence-electron chi connectivity index (χ2n) is 7.49. The number of rotatable bonds is 5. The van der Waals surface area contributed by atoms with Gasteiger partial charge < -0.3 is 10.1 Å². The first kappa shape index (κ1) is 16.9. The van der Waals surface area contributed by atoms with E-state index in [2.05, 4.69) is 58.7 Å². The van der Waals surface area contributed by atoms with Gasteiger partial charge in [0.1, 0.15) is 0 Å². The zero-order valence-electron chi connectivity index (χ0n) is 14.0. The minimum atomic E-state index is -0.0336. The summed E-state index contributed by atoms with van der Waals surface area (Å²) in [5.41, 5.74) is 0.237. The lowest BCUT2D eigenvalue weighted by Gasteiger charge is -2.49. The third-order valence-electron chi connectivity index (χ3n) is 4.39. The molecule has 0 bridgehead atoms. The van der Waals surface area contributed by atoms with Crippen molar-refractivity contribution in [1.82, 2.24) is 10.2 Å². The lowest BCUT2D eigenvalue weighted by Crippen LogP contribution is -2.64. The molecule has 0 radical (unpaired) electrons. The fourth-order valence-electron chi connectivity index (χ4n) is 2.60. The fourth-order valence-corrected chi connectivity index (χ4v) is 2.60. The number of hydrogen-bond donors (Lipinski definition) is 1. The van der Waals surface area contributed by atoms with Crippen LogP contribution >= 0.6 is 0 Å². The van der Waals surface area contributed by atoms with Gasteiger partial charge in [0.2, 0.25) is 0 Å². The second-order valence-corrected chi connectivity index (χ2v) is 7.49. The quantitative estimate of drug-likeness (QED) is 0.831. The van der Waals surface area contributed by atoms with Gasteiger partial charge >= 0.3 is 0 Å². The highest BCUT2D eigenvalue weighted by atomic mass is 16.5. The summed E-state index contributed by atoms with van der Waals surface area (Å²) in [5, 5.41) is 3.71. The molecule has 1 aliphatic rings. The topological polar surface area (TPSA) is 24.5 Å². The molecule has 3 heteroatoms. The van der Waals surface area contributed by atoms with Crippen LogP contribution in [0.2, 0.25) is 0 Å². The normalized spacial score (nSPS) is 30.0. The Morgan fingerprint density at radius 3 is 2.47 bits per heavy atom. The zero-order valence-corrected chi connectivity index (χ0v) is 14.0. The maximum atomic E-state index is 5.90. The van der Waals surface area contributed by atoms with Gasteiger partial charge in [-0.3, -0.25) is 4.90 Å². The molecule has 1 fully saturated rings. The lowest BCUT2D eigenvalue weighted by molar-refractivity contribution is -0.0393. The van der Waals surface area contributed by atoms with Gasteiger partial charge in [-0.15, -0.1) is 0 Å². The molecule has 2 unspecified atom stereocenters. The van der Waals surface area contributed by atoms with Crippen molar-refractivity contribution >= 4 is 0 Å². The Bertz CT molecular complexity index is 272. The van der Waals surface area contributed by atoms with Crippen LogP contribution in [0.25, 0.3) is 0 Å². The van der Waals surface area contributed by atoms with Crippen molar-refractivity contribution in [2.45, 2.75) is 72.1 Å². The summed E-state index contributed by atoms with van der Waals surface area (Å²) in [4.78, 5) is 2.62. The summed E-state index contributed by atoms with van der Waals surface area (Å²) in [7, 11) is 0. The minimum absolute atomic E-state index is 0.0336. The molecule has 0 aromatic heterocycles. The van der Waals surface area contributed by atoms with Crippen LogP contribution in [0, 0.1) is 5.92 Å². The van der Waals surface area contributed by atoms with E-state index in [0.717, 1.165) is 26.2 Å². The van der Waals surface area contributed by atoms with Crippen LogP contribution in [-0.2, 0) is 4.74 Å². The molecule has 1 saturated heterocycles. The molecule has 3 nitrogen and oxygen atoms in total. The Morgan fingerprint density at radius 2 is 2.00 bits per heavy atom. The van der Waals surface area contributed by atoms with Crippen molar-refractivity contribution in [1.29, 1.82) is 0 Å². The molecule has 1 N–H and O–H groups in total. The Balaban J connectivity index is 2.57. The Morgan fingerprint density at radius 1 is 1.37 bits per heavy atom. The third kappa shape index (κ3) is 5.05. The Labute approximate surface area is 120 Å². The molecule has 0 spiro atoms. The molecule has 1 aliphatic heterocycles. The van der Waals surface area contributed by atoms with Crippen molar-refractivity contribution in [3.63, 3.8) is 0 Å². The molecule has 0 amide bonds. The first-order valence-corrected chi connectivity index (χ1v) is 7.80. The molecule has 2 atom stereocenters. The maximum Gasteiger partial charge on any atom is 0.0600 e. The Kier molecular flexibility index (Phi) is 5.84. The van der Waals surface area contributed by atoms with Gasteiger partial charge in [-0.05, 0) is 40.0 Å². The van der Waals surface area contributed by atoms with Crippen LogP contribution in [0.5, 0.6) is 0 Å². The number of nitrogens with one attached hydrogen (secondary N) is 1. The molecule has 114 valence electrons. The molecule has 0 aliphatic carbocycles. The van der Waals surface area contributed by atoms with Crippen LogP contribution in [-0.4, -0.2) is 48.3 Å². The minimum Gasteiger partial charge on any atom is -0.375 e. The molecular weight excluding hydrogens is 236 g/mol. The summed E-state index contributed by atoms with van der Waals surface area (Å²) >= 11 is 0. The smallest absolute Gasteiger partial charge is 0.0600 e. The van der Waals surface area contributed by atoms with Crippen LogP contribution in [0.3, 0.4) is 0 Å². The van der Waals surface area contributed by atoms with Gasteiger partial charge in [0, 0.05) is 31.2 Å². The van der Waals surface area contributed by atoms with E-state index in [1.54, 1.807) is 0 Å². The highest BCUT2D eigenvalue weighted by Gasteiger charge is 2.36. The van der Waals surface area contributed by atoms with E-state index in [9.17, 15) is 0 Å². The van der Waals surface area contributed by atoms with E-state index in [1.807, 2.05) is 0 Å². The number of ether oxygens (including phenoxy) is 1. The molecule has 1 heterocycles. The van der Waals surface area contributed by atoms with E-state index in [4.69, 9.17) is 4.74 Å². The van der Waals surface area contributed by atoms with Crippen molar-refractivity contribution in [3.8, 4) is 0 Å². The van der Waals surface area contributed by atoms with E-state index in [0.29, 0.717) is 12.0 Å². The largest absolute Gasteiger partial charge is 0.375 e. The van der Waals surface area contributed by atoms with Crippen molar-refractivity contribution in [2.24, 2.45) is 5.92 Å². The van der Waals surface area contributed by atoms with E-state index < -0.39 is 0 Å². The average Bonchev–Trinajstić information content (AvgIpc) is 2.29. The van der Waals surface area contributed by atoms with Gasteiger partial charge in [-0.25, -0.2) is 0 Å².